The highest BCUT2D eigenvalue weighted by atomic mass is 16.5. The molecule has 5 nitrogen and oxygen atoms in total. The van der Waals surface area contributed by atoms with Gasteiger partial charge in [0.05, 0.1) is 13.3 Å². The quantitative estimate of drug-likeness (QED) is 0.797. The minimum atomic E-state index is 0.521. The van der Waals surface area contributed by atoms with Gasteiger partial charge in [-0.3, -0.25) is 0 Å². The molecule has 0 aliphatic rings. The molecule has 0 aliphatic heterocycles. The van der Waals surface area contributed by atoms with Crippen molar-refractivity contribution in [2.45, 2.75) is 6.92 Å². The van der Waals surface area contributed by atoms with Crippen LogP contribution in [0.1, 0.15) is 5.56 Å². The van der Waals surface area contributed by atoms with E-state index in [9.17, 15) is 0 Å². The third-order valence-electron chi connectivity index (χ3n) is 2.13. The number of rotatable bonds is 2. The molecule has 15 heavy (non-hydrogen) atoms. The highest BCUT2D eigenvalue weighted by Gasteiger charge is 2.03. The average molecular weight is 204 g/mol. The first kappa shape index (κ1) is 9.51. The molecule has 0 saturated carbocycles. The summed E-state index contributed by atoms with van der Waals surface area (Å²) < 4.78 is 6.66. The van der Waals surface area contributed by atoms with Crippen molar-refractivity contribution in [3.63, 3.8) is 0 Å². The van der Waals surface area contributed by atoms with Crippen LogP contribution in [0.25, 0.3) is 5.82 Å². The predicted octanol–water partition coefficient (Wildman–Crippen LogP) is 1.17. The van der Waals surface area contributed by atoms with Gasteiger partial charge in [-0.15, -0.1) is 5.10 Å². The van der Waals surface area contributed by atoms with Crippen LogP contribution < -0.4 is 10.5 Å². The summed E-state index contributed by atoms with van der Waals surface area (Å²) in [5.74, 6) is 1.96. The van der Waals surface area contributed by atoms with Crippen LogP contribution in [-0.4, -0.2) is 21.9 Å². The summed E-state index contributed by atoms with van der Waals surface area (Å²) in [6.07, 6.45) is 3.48. The maximum absolute atomic E-state index is 5.65. The monoisotopic (exact) mass is 204 g/mol. The van der Waals surface area contributed by atoms with Crippen molar-refractivity contribution in [2.24, 2.45) is 0 Å². The molecular weight excluding hydrogens is 192 g/mol. The number of nitrogens with zero attached hydrogens (tertiary/aromatic N) is 3. The van der Waals surface area contributed by atoms with Crippen LogP contribution >= 0.6 is 0 Å². The van der Waals surface area contributed by atoms with Crippen LogP contribution in [0.5, 0.6) is 5.75 Å². The molecule has 2 aromatic rings. The summed E-state index contributed by atoms with van der Waals surface area (Å²) in [4.78, 5) is 4.19. The van der Waals surface area contributed by atoms with Crippen molar-refractivity contribution in [2.75, 3.05) is 12.8 Å². The van der Waals surface area contributed by atoms with Gasteiger partial charge >= 0.3 is 0 Å². The second-order valence-electron chi connectivity index (χ2n) is 3.20. The van der Waals surface area contributed by atoms with E-state index in [0.717, 1.165) is 17.1 Å². The second kappa shape index (κ2) is 3.61. The summed E-state index contributed by atoms with van der Waals surface area (Å²) in [6.45, 7) is 1.91. The van der Waals surface area contributed by atoms with Crippen LogP contribution in [-0.2, 0) is 0 Å². The number of nitrogen functional groups attached to an aromatic ring is 1. The maximum Gasteiger partial charge on any atom is 0.153 e. The van der Waals surface area contributed by atoms with Gasteiger partial charge < -0.3 is 10.5 Å². The van der Waals surface area contributed by atoms with Gasteiger partial charge in [0.15, 0.2) is 5.82 Å². The Morgan fingerprint density at radius 2 is 2.20 bits per heavy atom. The van der Waals surface area contributed by atoms with Gasteiger partial charge in [-0.1, -0.05) is 0 Å². The fraction of sp³-hybridized carbons (Fsp3) is 0.200. The molecule has 5 heteroatoms. The molecule has 0 unspecified atom stereocenters. The number of nitrogens with two attached hydrogens (primary N) is 1. The Balaban J connectivity index is 2.37. The number of anilines is 1. The molecule has 2 rings (SSSR count). The van der Waals surface area contributed by atoms with Gasteiger partial charge in [-0.2, -0.15) is 0 Å². The van der Waals surface area contributed by atoms with Crippen molar-refractivity contribution < 1.29 is 4.74 Å². The number of hydrogen-bond acceptors (Lipinski definition) is 4. The Morgan fingerprint density at radius 3 is 2.67 bits per heavy atom. The maximum atomic E-state index is 5.65. The summed E-state index contributed by atoms with van der Waals surface area (Å²) in [5.41, 5.74) is 6.59. The van der Waals surface area contributed by atoms with Gasteiger partial charge in [0, 0.05) is 11.8 Å². The lowest BCUT2D eigenvalue weighted by atomic mass is 10.4. The molecule has 2 aromatic heterocycles. The topological polar surface area (TPSA) is 66.0 Å². The first-order chi connectivity index (χ1) is 7.20. The molecule has 2 N–H and O–H groups in total. The van der Waals surface area contributed by atoms with E-state index in [2.05, 4.69) is 10.1 Å². The summed E-state index contributed by atoms with van der Waals surface area (Å²) in [5, 5.41) is 4.13. The van der Waals surface area contributed by atoms with E-state index in [-0.39, 0.29) is 0 Å². The average Bonchev–Trinajstić information content (AvgIpc) is 2.59. The lowest BCUT2D eigenvalue weighted by Crippen LogP contribution is -1.99. The summed E-state index contributed by atoms with van der Waals surface area (Å²) in [7, 11) is 1.60. The second-order valence-corrected chi connectivity index (χ2v) is 3.20. The Hall–Kier alpha value is -2.04. The number of pyridine rings is 1. The Morgan fingerprint density at radius 1 is 1.40 bits per heavy atom. The van der Waals surface area contributed by atoms with Gasteiger partial charge in [0.2, 0.25) is 0 Å². The summed E-state index contributed by atoms with van der Waals surface area (Å²) >= 11 is 0. The molecule has 0 amide bonds. The van der Waals surface area contributed by atoms with E-state index in [4.69, 9.17) is 10.5 Å². The fourth-order valence-corrected chi connectivity index (χ4v) is 1.22. The molecule has 0 bridgehead atoms. The molecule has 0 fully saturated rings. The number of methoxy groups -OCH3 is 1. The van der Waals surface area contributed by atoms with Gasteiger partial charge in [0.1, 0.15) is 11.6 Å². The minimum absolute atomic E-state index is 0.521. The Kier molecular flexibility index (Phi) is 2.29. The van der Waals surface area contributed by atoms with Crippen molar-refractivity contribution >= 4 is 5.82 Å². The number of aryl methyl sites for hydroxylation is 1. The molecule has 0 atom stereocenters. The van der Waals surface area contributed by atoms with Crippen molar-refractivity contribution in [1.82, 2.24) is 14.8 Å². The predicted molar refractivity (Wildman–Crippen MR) is 57.1 cm³/mol. The van der Waals surface area contributed by atoms with E-state index in [0.29, 0.717) is 5.82 Å². The summed E-state index contributed by atoms with van der Waals surface area (Å²) in [6, 6.07) is 3.65. The normalized spacial score (nSPS) is 10.3. The lowest BCUT2D eigenvalue weighted by Gasteiger charge is -2.01. The zero-order valence-corrected chi connectivity index (χ0v) is 8.64. The first-order valence-corrected chi connectivity index (χ1v) is 4.53. The third-order valence-corrected chi connectivity index (χ3v) is 2.13. The zero-order valence-electron chi connectivity index (χ0n) is 8.64. The zero-order chi connectivity index (χ0) is 10.8. The molecule has 0 saturated heterocycles. The number of ether oxygens (including phenoxy) is 1. The van der Waals surface area contributed by atoms with Crippen molar-refractivity contribution in [3.05, 3.63) is 30.1 Å². The van der Waals surface area contributed by atoms with Crippen LogP contribution in [0, 0.1) is 6.92 Å². The van der Waals surface area contributed by atoms with E-state index < -0.39 is 0 Å². The lowest BCUT2D eigenvalue weighted by molar-refractivity contribution is 0.412. The van der Waals surface area contributed by atoms with E-state index in [1.807, 2.05) is 25.3 Å². The SMILES string of the molecule is COc1ccc(-n2cc(C)c(N)n2)nc1. The van der Waals surface area contributed by atoms with E-state index >= 15 is 0 Å². The van der Waals surface area contributed by atoms with Gasteiger partial charge in [-0.25, -0.2) is 9.67 Å². The molecule has 78 valence electrons. The number of aromatic nitrogens is 3. The van der Waals surface area contributed by atoms with E-state index in [1.165, 1.54) is 0 Å². The smallest absolute Gasteiger partial charge is 0.153 e. The molecule has 0 aromatic carbocycles. The number of hydrogen-bond donors (Lipinski definition) is 1. The molecular formula is C10H12N4O. The first-order valence-electron chi connectivity index (χ1n) is 4.53. The highest BCUT2D eigenvalue weighted by molar-refractivity contribution is 5.39. The van der Waals surface area contributed by atoms with Crippen LogP contribution in [0.15, 0.2) is 24.5 Å². The largest absolute Gasteiger partial charge is 0.495 e. The van der Waals surface area contributed by atoms with E-state index in [1.54, 1.807) is 18.0 Å². The molecule has 2 heterocycles. The fourth-order valence-electron chi connectivity index (χ4n) is 1.22. The molecule has 0 radical (unpaired) electrons. The van der Waals surface area contributed by atoms with Crippen LogP contribution in [0.2, 0.25) is 0 Å². The Labute approximate surface area is 87.5 Å². The van der Waals surface area contributed by atoms with Gasteiger partial charge in [0.25, 0.3) is 0 Å². The molecule has 0 spiro atoms. The minimum Gasteiger partial charge on any atom is -0.495 e. The highest BCUT2D eigenvalue weighted by Crippen LogP contribution is 2.13. The van der Waals surface area contributed by atoms with Crippen molar-refractivity contribution in [3.8, 4) is 11.6 Å². The van der Waals surface area contributed by atoms with Crippen LogP contribution in [0.3, 0.4) is 0 Å². The van der Waals surface area contributed by atoms with Gasteiger partial charge in [-0.05, 0) is 19.1 Å². The van der Waals surface area contributed by atoms with Crippen molar-refractivity contribution in [1.29, 1.82) is 0 Å². The third kappa shape index (κ3) is 1.76. The standard InChI is InChI=1S/C10H12N4O/c1-7-6-14(13-10(7)11)9-4-3-8(15-2)5-12-9/h3-6H,1-2H3,(H2,11,13). The Bertz CT molecular complexity index is 441. The van der Waals surface area contributed by atoms with Crippen LogP contribution in [0.4, 0.5) is 5.82 Å². The molecule has 0 aliphatic carbocycles.